The molecule has 3 rings (SSSR count). The fourth-order valence-electron chi connectivity index (χ4n) is 1.78. The average molecular weight is 271 g/mol. The van der Waals surface area contributed by atoms with Crippen LogP contribution in [0.3, 0.4) is 0 Å². The zero-order valence-electron chi connectivity index (χ0n) is 10.9. The molecule has 2 aromatic heterocycles. The van der Waals surface area contributed by atoms with E-state index in [4.69, 9.17) is 19.6 Å². The van der Waals surface area contributed by atoms with Crippen molar-refractivity contribution in [3.8, 4) is 11.5 Å². The van der Waals surface area contributed by atoms with Gasteiger partial charge in [-0.3, -0.25) is 0 Å². The van der Waals surface area contributed by atoms with Crippen molar-refractivity contribution < 1.29 is 13.9 Å². The summed E-state index contributed by atoms with van der Waals surface area (Å²) in [6.45, 7) is 0.212. The van der Waals surface area contributed by atoms with E-state index in [1.54, 1.807) is 19.2 Å². The van der Waals surface area contributed by atoms with Gasteiger partial charge >= 0.3 is 0 Å². The van der Waals surface area contributed by atoms with Gasteiger partial charge in [0, 0.05) is 12.1 Å². The number of hydrogen-bond acceptors (Lipinski definition) is 6. The number of nitrogens with zero attached hydrogens (tertiary/aromatic N) is 2. The van der Waals surface area contributed by atoms with Crippen LogP contribution in [-0.4, -0.2) is 17.1 Å². The van der Waals surface area contributed by atoms with Gasteiger partial charge in [0.1, 0.15) is 11.5 Å². The molecule has 3 aromatic rings. The van der Waals surface area contributed by atoms with Crippen LogP contribution in [0.5, 0.6) is 11.5 Å². The molecule has 1 aromatic carbocycles. The monoisotopic (exact) mass is 271 g/mol. The Balaban J connectivity index is 1.76. The van der Waals surface area contributed by atoms with Crippen LogP contribution < -0.4 is 15.2 Å². The van der Waals surface area contributed by atoms with Crippen LogP contribution in [0.25, 0.3) is 11.2 Å². The number of fused-ring (bicyclic) bond motifs is 1. The first-order valence-electron chi connectivity index (χ1n) is 6.02. The van der Waals surface area contributed by atoms with Crippen LogP contribution in [0, 0.1) is 0 Å². The van der Waals surface area contributed by atoms with Gasteiger partial charge in [-0.15, -0.1) is 0 Å². The maximum absolute atomic E-state index is 5.63. The normalized spacial score (nSPS) is 10.7. The Hall–Kier alpha value is -2.76. The largest absolute Gasteiger partial charge is 0.497 e. The number of ether oxygens (including phenoxy) is 2. The van der Waals surface area contributed by atoms with Crippen LogP contribution in [0.2, 0.25) is 0 Å². The Morgan fingerprint density at radius 3 is 2.95 bits per heavy atom. The van der Waals surface area contributed by atoms with Crippen molar-refractivity contribution in [1.29, 1.82) is 0 Å². The number of nitrogens with two attached hydrogens (primary N) is 1. The maximum Gasteiger partial charge on any atom is 0.235 e. The molecule has 2 heterocycles. The Kier molecular flexibility index (Phi) is 3.12. The molecule has 6 heteroatoms. The van der Waals surface area contributed by atoms with E-state index in [9.17, 15) is 0 Å². The standard InChI is InChI=1S/C14H13N3O3/c1-18-10-3-2-4-11(6-10)19-8-13-17-14-12(20-13)5-9(15)7-16-14/h2-7H,8,15H2,1H3. The van der Waals surface area contributed by atoms with Crippen molar-refractivity contribution >= 4 is 16.9 Å². The summed E-state index contributed by atoms with van der Waals surface area (Å²) in [5, 5.41) is 0. The van der Waals surface area contributed by atoms with Crippen molar-refractivity contribution in [1.82, 2.24) is 9.97 Å². The van der Waals surface area contributed by atoms with Gasteiger partial charge in [-0.1, -0.05) is 6.07 Å². The Morgan fingerprint density at radius 2 is 2.10 bits per heavy atom. The predicted octanol–water partition coefficient (Wildman–Crippen LogP) is 2.39. The van der Waals surface area contributed by atoms with Crippen LogP contribution >= 0.6 is 0 Å². The highest BCUT2D eigenvalue weighted by Gasteiger charge is 2.08. The molecule has 0 aliphatic carbocycles. The quantitative estimate of drug-likeness (QED) is 0.784. The fourth-order valence-corrected chi connectivity index (χ4v) is 1.78. The molecule has 6 nitrogen and oxygen atoms in total. The summed E-state index contributed by atoms with van der Waals surface area (Å²) in [7, 11) is 1.61. The lowest BCUT2D eigenvalue weighted by atomic mass is 10.3. The molecule has 0 bridgehead atoms. The Bertz CT molecular complexity index is 739. The molecule has 0 saturated carbocycles. The summed E-state index contributed by atoms with van der Waals surface area (Å²) in [5.74, 6) is 1.86. The first-order chi connectivity index (χ1) is 9.74. The molecule has 0 amide bonds. The molecule has 2 N–H and O–H groups in total. The van der Waals surface area contributed by atoms with E-state index in [0.717, 1.165) is 5.75 Å². The molecule has 0 atom stereocenters. The number of benzene rings is 1. The number of rotatable bonds is 4. The van der Waals surface area contributed by atoms with E-state index in [-0.39, 0.29) is 6.61 Å². The minimum absolute atomic E-state index is 0.212. The number of pyridine rings is 1. The highest BCUT2D eigenvalue weighted by atomic mass is 16.5. The number of oxazole rings is 1. The summed E-state index contributed by atoms with van der Waals surface area (Å²) in [6.07, 6.45) is 1.54. The summed E-state index contributed by atoms with van der Waals surface area (Å²) in [4.78, 5) is 8.30. The smallest absolute Gasteiger partial charge is 0.235 e. The van der Waals surface area contributed by atoms with Crippen molar-refractivity contribution in [3.63, 3.8) is 0 Å². The van der Waals surface area contributed by atoms with E-state index in [2.05, 4.69) is 9.97 Å². The van der Waals surface area contributed by atoms with Gasteiger partial charge in [0.15, 0.2) is 17.8 Å². The van der Waals surface area contributed by atoms with Crippen molar-refractivity contribution in [2.75, 3.05) is 12.8 Å². The summed E-state index contributed by atoms with van der Waals surface area (Å²) >= 11 is 0. The number of hydrogen-bond donors (Lipinski definition) is 1. The van der Waals surface area contributed by atoms with E-state index in [0.29, 0.717) is 28.6 Å². The van der Waals surface area contributed by atoms with E-state index in [1.807, 2.05) is 18.2 Å². The second-order valence-corrected chi connectivity index (χ2v) is 4.17. The summed E-state index contributed by atoms with van der Waals surface area (Å²) < 4.78 is 16.2. The summed E-state index contributed by atoms with van der Waals surface area (Å²) in [6, 6.07) is 9.01. The van der Waals surface area contributed by atoms with Gasteiger partial charge in [0.2, 0.25) is 5.89 Å². The second kappa shape index (κ2) is 5.08. The zero-order chi connectivity index (χ0) is 13.9. The van der Waals surface area contributed by atoms with Gasteiger partial charge in [-0.25, -0.2) is 4.98 Å². The lowest BCUT2D eigenvalue weighted by Crippen LogP contribution is -1.95. The van der Waals surface area contributed by atoms with E-state index < -0.39 is 0 Å². The lowest BCUT2D eigenvalue weighted by molar-refractivity contribution is 0.266. The number of aromatic nitrogens is 2. The van der Waals surface area contributed by atoms with E-state index >= 15 is 0 Å². The molecule has 102 valence electrons. The molecular weight excluding hydrogens is 258 g/mol. The number of nitrogen functional groups attached to an aromatic ring is 1. The fraction of sp³-hybridized carbons (Fsp3) is 0.143. The third-order valence-corrected chi connectivity index (χ3v) is 2.72. The van der Waals surface area contributed by atoms with Gasteiger partial charge in [0.25, 0.3) is 0 Å². The van der Waals surface area contributed by atoms with Gasteiger partial charge in [0.05, 0.1) is 19.0 Å². The topological polar surface area (TPSA) is 83.4 Å². The van der Waals surface area contributed by atoms with Crippen molar-refractivity contribution in [2.45, 2.75) is 6.61 Å². The van der Waals surface area contributed by atoms with Gasteiger partial charge in [-0.05, 0) is 12.1 Å². The van der Waals surface area contributed by atoms with Crippen LogP contribution in [-0.2, 0) is 6.61 Å². The molecular formula is C14H13N3O3. The molecule has 0 aliphatic heterocycles. The second-order valence-electron chi connectivity index (χ2n) is 4.17. The first kappa shape index (κ1) is 12.3. The van der Waals surface area contributed by atoms with E-state index in [1.165, 1.54) is 6.20 Å². The molecule has 0 saturated heterocycles. The van der Waals surface area contributed by atoms with Crippen LogP contribution in [0.1, 0.15) is 5.89 Å². The van der Waals surface area contributed by atoms with Gasteiger partial charge < -0.3 is 19.6 Å². The molecule has 0 radical (unpaired) electrons. The third kappa shape index (κ3) is 2.49. The van der Waals surface area contributed by atoms with Crippen molar-refractivity contribution in [2.24, 2.45) is 0 Å². The Morgan fingerprint density at radius 1 is 1.25 bits per heavy atom. The molecule has 0 unspecified atom stereocenters. The van der Waals surface area contributed by atoms with Crippen LogP contribution in [0.15, 0.2) is 40.9 Å². The van der Waals surface area contributed by atoms with Crippen molar-refractivity contribution in [3.05, 3.63) is 42.4 Å². The highest BCUT2D eigenvalue weighted by Crippen LogP contribution is 2.21. The first-order valence-corrected chi connectivity index (χ1v) is 6.02. The third-order valence-electron chi connectivity index (χ3n) is 2.72. The Labute approximate surface area is 115 Å². The highest BCUT2D eigenvalue weighted by molar-refractivity contribution is 5.71. The zero-order valence-corrected chi connectivity index (χ0v) is 10.9. The average Bonchev–Trinajstić information content (AvgIpc) is 2.87. The maximum atomic E-state index is 5.63. The minimum atomic E-state index is 0.212. The molecule has 0 aliphatic rings. The van der Waals surface area contributed by atoms with Crippen LogP contribution in [0.4, 0.5) is 5.69 Å². The number of anilines is 1. The molecule has 20 heavy (non-hydrogen) atoms. The summed E-state index contributed by atoms with van der Waals surface area (Å²) in [5.41, 5.74) is 7.24. The molecule has 0 fully saturated rings. The minimum Gasteiger partial charge on any atom is -0.497 e. The SMILES string of the molecule is COc1cccc(OCc2nc3ncc(N)cc3o2)c1. The predicted molar refractivity (Wildman–Crippen MR) is 73.5 cm³/mol. The lowest BCUT2D eigenvalue weighted by Gasteiger charge is -2.05. The molecule has 0 spiro atoms. The number of methoxy groups -OCH3 is 1. The van der Waals surface area contributed by atoms with Gasteiger partial charge in [-0.2, -0.15) is 4.98 Å².